The van der Waals surface area contributed by atoms with Gasteiger partial charge in [0.2, 0.25) is 5.91 Å². The summed E-state index contributed by atoms with van der Waals surface area (Å²) in [5.41, 5.74) is 2.85. The van der Waals surface area contributed by atoms with Crippen LogP contribution in [0, 0.1) is 0 Å². The van der Waals surface area contributed by atoms with Crippen molar-refractivity contribution in [3.63, 3.8) is 0 Å². The summed E-state index contributed by atoms with van der Waals surface area (Å²) < 4.78 is 10.7. The van der Waals surface area contributed by atoms with Gasteiger partial charge in [0.15, 0.2) is 0 Å². The molecule has 0 saturated carbocycles. The third-order valence-corrected chi connectivity index (χ3v) is 4.39. The number of hydrazone groups is 1. The summed E-state index contributed by atoms with van der Waals surface area (Å²) in [6, 6.07) is 15.4. The Bertz CT molecular complexity index is 784. The highest BCUT2D eigenvalue weighted by Crippen LogP contribution is 2.37. The second-order valence-electron chi connectivity index (χ2n) is 5.83. The number of ether oxygens (including phenoxy) is 2. The fraction of sp³-hybridized carbons (Fsp3) is 0.300. The van der Waals surface area contributed by atoms with E-state index in [-0.39, 0.29) is 11.9 Å². The van der Waals surface area contributed by atoms with E-state index >= 15 is 0 Å². The molecule has 0 saturated heterocycles. The molecule has 0 radical (unpaired) electrons. The molecule has 5 nitrogen and oxygen atoms in total. The van der Waals surface area contributed by atoms with Crippen LogP contribution in [0.25, 0.3) is 0 Å². The molecule has 0 spiro atoms. The van der Waals surface area contributed by atoms with E-state index in [1.165, 1.54) is 0 Å². The molecule has 3 rings (SSSR count). The van der Waals surface area contributed by atoms with Gasteiger partial charge in [0.25, 0.3) is 0 Å². The topological polar surface area (TPSA) is 51.1 Å². The van der Waals surface area contributed by atoms with Crippen LogP contribution in [0.1, 0.15) is 36.9 Å². The van der Waals surface area contributed by atoms with Crippen LogP contribution in [0.2, 0.25) is 0 Å². The van der Waals surface area contributed by atoms with Crippen LogP contribution < -0.4 is 9.47 Å². The largest absolute Gasteiger partial charge is 0.497 e. The number of para-hydroxylation sites is 1. The number of methoxy groups -OCH3 is 2. The highest BCUT2D eigenvalue weighted by atomic mass is 16.5. The Morgan fingerprint density at radius 3 is 2.48 bits per heavy atom. The highest BCUT2D eigenvalue weighted by molar-refractivity contribution is 6.03. The van der Waals surface area contributed by atoms with Crippen LogP contribution >= 0.6 is 0 Å². The zero-order valence-electron chi connectivity index (χ0n) is 14.7. The number of carbonyl (C=O) groups excluding carboxylic acids is 1. The van der Waals surface area contributed by atoms with Crippen molar-refractivity contribution in [2.75, 3.05) is 14.2 Å². The minimum atomic E-state index is -0.152. The molecule has 0 bridgehead atoms. The minimum absolute atomic E-state index is 0.000539. The number of carbonyl (C=O) groups is 1. The van der Waals surface area contributed by atoms with Crippen LogP contribution in [0.15, 0.2) is 53.6 Å². The minimum Gasteiger partial charge on any atom is -0.497 e. The summed E-state index contributed by atoms with van der Waals surface area (Å²) >= 11 is 0. The van der Waals surface area contributed by atoms with E-state index < -0.39 is 0 Å². The lowest BCUT2D eigenvalue weighted by molar-refractivity contribution is -0.132. The molecule has 1 atom stereocenters. The van der Waals surface area contributed by atoms with Crippen LogP contribution in [0.5, 0.6) is 11.5 Å². The number of rotatable bonds is 5. The van der Waals surface area contributed by atoms with Gasteiger partial charge in [-0.15, -0.1) is 0 Å². The van der Waals surface area contributed by atoms with Gasteiger partial charge in [0.1, 0.15) is 11.5 Å². The van der Waals surface area contributed by atoms with Crippen molar-refractivity contribution in [2.24, 2.45) is 5.10 Å². The van der Waals surface area contributed by atoms with Gasteiger partial charge in [-0.3, -0.25) is 4.79 Å². The first-order chi connectivity index (χ1) is 12.2. The van der Waals surface area contributed by atoms with E-state index in [1.807, 2.05) is 55.5 Å². The van der Waals surface area contributed by atoms with Crippen molar-refractivity contribution in [3.8, 4) is 11.5 Å². The normalized spacial score (nSPS) is 16.5. The number of amides is 1. The molecule has 130 valence electrons. The second kappa shape index (κ2) is 7.38. The van der Waals surface area contributed by atoms with Crippen molar-refractivity contribution in [1.29, 1.82) is 0 Å². The number of hydrogen-bond acceptors (Lipinski definition) is 4. The van der Waals surface area contributed by atoms with E-state index in [4.69, 9.17) is 9.47 Å². The molecule has 1 aliphatic rings. The second-order valence-corrected chi connectivity index (χ2v) is 5.83. The first kappa shape index (κ1) is 17.0. The van der Waals surface area contributed by atoms with Gasteiger partial charge in [-0.2, -0.15) is 5.10 Å². The molecule has 0 N–H and O–H groups in total. The van der Waals surface area contributed by atoms with Crippen LogP contribution in [-0.4, -0.2) is 30.8 Å². The third-order valence-electron chi connectivity index (χ3n) is 4.39. The van der Waals surface area contributed by atoms with Crippen molar-refractivity contribution in [1.82, 2.24) is 5.01 Å². The smallest absolute Gasteiger partial charge is 0.242 e. The van der Waals surface area contributed by atoms with Crippen LogP contribution in [0.3, 0.4) is 0 Å². The molecular weight excluding hydrogens is 316 g/mol. The maximum atomic E-state index is 12.4. The molecule has 1 aliphatic heterocycles. The molecule has 2 aromatic rings. The summed E-state index contributed by atoms with van der Waals surface area (Å²) in [4.78, 5) is 12.4. The predicted molar refractivity (Wildman–Crippen MR) is 97.0 cm³/mol. The SMILES string of the molecule is CCC(=O)N1N=C(c2ccc(OC)cc2)C[C@H]1c1ccccc1OC. The fourth-order valence-corrected chi connectivity index (χ4v) is 3.04. The Hall–Kier alpha value is -2.82. The molecule has 1 heterocycles. The van der Waals surface area contributed by atoms with E-state index in [0.717, 1.165) is 28.3 Å². The zero-order chi connectivity index (χ0) is 17.8. The monoisotopic (exact) mass is 338 g/mol. The van der Waals surface area contributed by atoms with Gasteiger partial charge in [-0.05, 0) is 35.9 Å². The van der Waals surface area contributed by atoms with Crippen LogP contribution in [0.4, 0.5) is 0 Å². The molecule has 5 heteroatoms. The summed E-state index contributed by atoms with van der Waals surface area (Å²) in [5.74, 6) is 1.57. The van der Waals surface area contributed by atoms with Crippen LogP contribution in [-0.2, 0) is 4.79 Å². The maximum absolute atomic E-state index is 12.4. The van der Waals surface area contributed by atoms with Gasteiger partial charge < -0.3 is 9.47 Å². The van der Waals surface area contributed by atoms with Crippen molar-refractivity contribution < 1.29 is 14.3 Å². The van der Waals surface area contributed by atoms with Gasteiger partial charge in [-0.25, -0.2) is 5.01 Å². The van der Waals surface area contributed by atoms with E-state index in [2.05, 4.69) is 5.10 Å². The highest BCUT2D eigenvalue weighted by Gasteiger charge is 2.33. The van der Waals surface area contributed by atoms with E-state index in [9.17, 15) is 4.79 Å². The molecule has 0 aromatic heterocycles. The zero-order valence-corrected chi connectivity index (χ0v) is 14.7. The molecule has 0 aliphatic carbocycles. The molecule has 0 unspecified atom stereocenters. The Kier molecular flexibility index (Phi) is 5.03. The number of benzene rings is 2. The Balaban J connectivity index is 1.96. The number of nitrogens with zero attached hydrogens (tertiary/aromatic N) is 2. The number of hydrogen-bond donors (Lipinski definition) is 0. The lowest BCUT2D eigenvalue weighted by Crippen LogP contribution is -2.26. The Morgan fingerprint density at radius 1 is 1.12 bits per heavy atom. The van der Waals surface area contributed by atoms with Gasteiger partial charge in [0, 0.05) is 18.4 Å². The first-order valence-electron chi connectivity index (χ1n) is 8.34. The molecule has 2 aromatic carbocycles. The Morgan fingerprint density at radius 2 is 1.84 bits per heavy atom. The summed E-state index contributed by atoms with van der Waals surface area (Å²) in [6.45, 7) is 1.85. The van der Waals surface area contributed by atoms with Crippen molar-refractivity contribution in [3.05, 3.63) is 59.7 Å². The molecule has 1 amide bonds. The molecule has 25 heavy (non-hydrogen) atoms. The maximum Gasteiger partial charge on any atom is 0.242 e. The van der Waals surface area contributed by atoms with Crippen molar-refractivity contribution in [2.45, 2.75) is 25.8 Å². The summed E-state index contributed by atoms with van der Waals surface area (Å²) in [7, 11) is 3.28. The summed E-state index contributed by atoms with van der Waals surface area (Å²) in [6.07, 6.45) is 1.06. The quantitative estimate of drug-likeness (QED) is 0.833. The van der Waals surface area contributed by atoms with Crippen molar-refractivity contribution >= 4 is 11.6 Å². The Labute approximate surface area is 147 Å². The van der Waals surface area contributed by atoms with E-state index in [0.29, 0.717) is 12.8 Å². The summed E-state index contributed by atoms with van der Waals surface area (Å²) in [5, 5.41) is 6.22. The average molecular weight is 338 g/mol. The molecular formula is C20H22N2O3. The standard InChI is InChI=1S/C20H22N2O3/c1-4-20(23)22-18(16-7-5-6-8-19(16)25-3)13-17(21-22)14-9-11-15(24-2)12-10-14/h5-12,18H,4,13H2,1-3H3/t18-/m0/s1. The molecule has 0 fully saturated rings. The van der Waals surface area contributed by atoms with Gasteiger partial charge >= 0.3 is 0 Å². The predicted octanol–water partition coefficient (Wildman–Crippen LogP) is 3.79. The van der Waals surface area contributed by atoms with Gasteiger partial charge in [-0.1, -0.05) is 25.1 Å². The third kappa shape index (κ3) is 3.36. The lowest BCUT2D eigenvalue weighted by Gasteiger charge is -2.23. The van der Waals surface area contributed by atoms with E-state index in [1.54, 1.807) is 19.2 Å². The lowest BCUT2D eigenvalue weighted by atomic mass is 9.97. The fourth-order valence-electron chi connectivity index (χ4n) is 3.04. The first-order valence-corrected chi connectivity index (χ1v) is 8.34. The van der Waals surface area contributed by atoms with Gasteiger partial charge in [0.05, 0.1) is 26.0 Å². The average Bonchev–Trinajstić information content (AvgIpc) is 3.12.